The Bertz CT molecular complexity index is 712. The summed E-state index contributed by atoms with van der Waals surface area (Å²) in [4.78, 5) is 10.0. The minimum Gasteiger partial charge on any atom is -0.502 e. The van der Waals surface area contributed by atoms with Gasteiger partial charge in [-0.25, -0.2) is 0 Å². The minimum atomic E-state index is -0.655. The third-order valence-corrected chi connectivity index (χ3v) is 3.11. The lowest BCUT2D eigenvalue weighted by atomic mass is 10.2. The van der Waals surface area contributed by atoms with E-state index < -0.39 is 10.7 Å². The average Bonchev–Trinajstić information content (AvgIpc) is 2.46. The molecule has 2 rings (SSSR count). The Balaban J connectivity index is 2.13. The van der Waals surface area contributed by atoms with Crippen molar-refractivity contribution in [3.8, 4) is 5.75 Å². The quantitative estimate of drug-likeness (QED) is 0.521. The van der Waals surface area contributed by atoms with Crippen molar-refractivity contribution in [2.24, 2.45) is 10.2 Å². The van der Waals surface area contributed by atoms with Gasteiger partial charge >= 0.3 is 5.69 Å². The first-order chi connectivity index (χ1) is 10.1. The molecular formula is C14H10BrN3O3. The van der Waals surface area contributed by atoms with Gasteiger partial charge in [-0.05, 0) is 23.8 Å². The van der Waals surface area contributed by atoms with Crippen molar-refractivity contribution in [2.45, 2.75) is 0 Å². The van der Waals surface area contributed by atoms with Gasteiger partial charge < -0.3 is 5.11 Å². The maximum Gasteiger partial charge on any atom is 0.311 e. The van der Waals surface area contributed by atoms with Gasteiger partial charge in [0.05, 0.1) is 17.4 Å². The van der Waals surface area contributed by atoms with Gasteiger partial charge in [0, 0.05) is 16.1 Å². The number of phenols is 1. The van der Waals surface area contributed by atoms with Crippen LogP contribution >= 0.6 is 15.9 Å². The van der Waals surface area contributed by atoms with Crippen LogP contribution in [0.3, 0.4) is 0 Å². The summed E-state index contributed by atoms with van der Waals surface area (Å²) in [6, 6.07) is 11.7. The van der Waals surface area contributed by atoms with Crippen LogP contribution in [0.4, 0.5) is 5.69 Å². The van der Waals surface area contributed by atoms with Crippen molar-refractivity contribution in [2.75, 3.05) is 0 Å². The van der Waals surface area contributed by atoms with Crippen LogP contribution in [-0.4, -0.2) is 22.5 Å². The van der Waals surface area contributed by atoms with Crippen molar-refractivity contribution in [1.82, 2.24) is 0 Å². The molecule has 1 N–H and O–H groups in total. The highest BCUT2D eigenvalue weighted by atomic mass is 79.9. The van der Waals surface area contributed by atoms with Gasteiger partial charge in [-0.2, -0.15) is 10.2 Å². The molecule has 0 unspecified atom stereocenters. The summed E-state index contributed by atoms with van der Waals surface area (Å²) in [7, 11) is 0. The average molecular weight is 348 g/mol. The van der Waals surface area contributed by atoms with E-state index in [1.807, 2.05) is 24.3 Å². The van der Waals surface area contributed by atoms with Crippen LogP contribution in [0, 0.1) is 10.1 Å². The fraction of sp³-hybridized carbons (Fsp3) is 0. The van der Waals surface area contributed by atoms with Gasteiger partial charge in [0.1, 0.15) is 0 Å². The van der Waals surface area contributed by atoms with E-state index in [-0.39, 0.29) is 11.3 Å². The molecule has 0 radical (unpaired) electrons. The van der Waals surface area contributed by atoms with Gasteiger partial charge in [-0.3, -0.25) is 10.1 Å². The molecule has 106 valence electrons. The molecule has 7 heteroatoms. The number of para-hydroxylation sites is 1. The number of nitro benzene ring substituents is 1. The van der Waals surface area contributed by atoms with Crippen molar-refractivity contribution in [3.63, 3.8) is 0 Å². The number of rotatable bonds is 4. The lowest BCUT2D eigenvalue weighted by Crippen LogP contribution is -1.91. The van der Waals surface area contributed by atoms with Crippen LogP contribution in [0.1, 0.15) is 11.1 Å². The SMILES string of the molecule is O=[N+]([O-])c1cccc(/C=N\N=C/c2ccc(Br)cc2)c1O. The van der Waals surface area contributed by atoms with Crippen LogP contribution in [0.2, 0.25) is 0 Å². The molecule has 0 aliphatic heterocycles. The predicted molar refractivity (Wildman–Crippen MR) is 84.1 cm³/mol. The molecule has 6 nitrogen and oxygen atoms in total. The zero-order chi connectivity index (χ0) is 15.2. The summed E-state index contributed by atoms with van der Waals surface area (Å²) >= 11 is 3.33. The predicted octanol–water partition coefficient (Wildman–Crippen LogP) is 3.52. The largest absolute Gasteiger partial charge is 0.502 e. The Hall–Kier alpha value is -2.54. The van der Waals surface area contributed by atoms with Crippen molar-refractivity contribution >= 4 is 34.0 Å². The van der Waals surface area contributed by atoms with E-state index in [0.29, 0.717) is 0 Å². The Morgan fingerprint density at radius 1 is 1.10 bits per heavy atom. The molecule has 0 heterocycles. The lowest BCUT2D eigenvalue weighted by Gasteiger charge is -1.98. The van der Waals surface area contributed by atoms with E-state index in [9.17, 15) is 15.2 Å². The summed E-state index contributed by atoms with van der Waals surface area (Å²) in [5.74, 6) is -0.426. The molecule has 0 bridgehead atoms. The number of nitro groups is 1. The first-order valence-electron chi connectivity index (χ1n) is 5.86. The van der Waals surface area contributed by atoms with Crippen LogP contribution in [-0.2, 0) is 0 Å². The zero-order valence-corrected chi connectivity index (χ0v) is 12.3. The van der Waals surface area contributed by atoms with E-state index in [1.165, 1.54) is 30.6 Å². The Kier molecular flexibility index (Phi) is 4.78. The summed E-state index contributed by atoms with van der Waals surface area (Å²) in [5.41, 5.74) is 0.728. The van der Waals surface area contributed by atoms with Crippen molar-refractivity contribution in [1.29, 1.82) is 0 Å². The monoisotopic (exact) mass is 347 g/mol. The number of benzene rings is 2. The molecule has 0 spiro atoms. The number of hydrogen-bond donors (Lipinski definition) is 1. The fourth-order valence-electron chi connectivity index (χ4n) is 1.54. The third kappa shape index (κ3) is 3.96. The summed E-state index contributed by atoms with van der Waals surface area (Å²) in [5, 5.41) is 28.0. The molecule has 0 aromatic heterocycles. The lowest BCUT2D eigenvalue weighted by molar-refractivity contribution is -0.385. The van der Waals surface area contributed by atoms with Crippen LogP contribution < -0.4 is 0 Å². The topological polar surface area (TPSA) is 88.1 Å². The number of halogens is 1. The molecule has 21 heavy (non-hydrogen) atoms. The maximum absolute atomic E-state index is 10.7. The van der Waals surface area contributed by atoms with Gasteiger partial charge in [-0.15, -0.1) is 0 Å². The smallest absolute Gasteiger partial charge is 0.311 e. The molecule has 0 saturated heterocycles. The minimum absolute atomic E-state index is 0.233. The molecule has 0 aliphatic carbocycles. The summed E-state index contributed by atoms with van der Waals surface area (Å²) in [6.07, 6.45) is 2.80. The fourth-order valence-corrected chi connectivity index (χ4v) is 1.81. The van der Waals surface area contributed by atoms with E-state index in [0.717, 1.165) is 10.0 Å². The van der Waals surface area contributed by atoms with E-state index in [1.54, 1.807) is 0 Å². The molecule has 0 aliphatic rings. The van der Waals surface area contributed by atoms with Crippen molar-refractivity contribution < 1.29 is 10.0 Å². The van der Waals surface area contributed by atoms with Crippen molar-refractivity contribution in [3.05, 3.63) is 68.2 Å². The third-order valence-electron chi connectivity index (χ3n) is 2.58. The Labute approximate surface area is 128 Å². The first kappa shape index (κ1) is 14.9. The van der Waals surface area contributed by atoms with E-state index >= 15 is 0 Å². The molecule has 0 saturated carbocycles. The maximum atomic E-state index is 10.7. The standard InChI is InChI=1S/C14H10BrN3O3/c15-12-6-4-10(5-7-12)8-16-17-9-11-2-1-3-13(14(11)19)18(20)21/h1-9,19H/b16-8-,17-9-. The molecule has 0 fully saturated rings. The molecule has 0 amide bonds. The van der Waals surface area contributed by atoms with Crippen LogP contribution in [0.25, 0.3) is 0 Å². The van der Waals surface area contributed by atoms with Crippen LogP contribution in [0.5, 0.6) is 5.75 Å². The second-order valence-corrected chi connectivity index (χ2v) is 4.93. The van der Waals surface area contributed by atoms with Gasteiger partial charge in [0.2, 0.25) is 5.75 Å². The second-order valence-electron chi connectivity index (χ2n) is 4.01. The normalized spacial score (nSPS) is 11.3. The molecule has 2 aromatic rings. The molecule has 0 atom stereocenters. The number of aromatic hydroxyl groups is 1. The molecule has 2 aromatic carbocycles. The Morgan fingerprint density at radius 3 is 2.43 bits per heavy atom. The van der Waals surface area contributed by atoms with Gasteiger partial charge in [-0.1, -0.05) is 34.1 Å². The van der Waals surface area contributed by atoms with Crippen LogP contribution in [0.15, 0.2) is 57.1 Å². The van der Waals surface area contributed by atoms with E-state index in [4.69, 9.17) is 0 Å². The second kappa shape index (κ2) is 6.76. The van der Waals surface area contributed by atoms with Gasteiger partial charge in [0.15, 0.2) is 0 Å². The first-order valence-corrected chi connectivity index (χ1v) is 6.65. The summed E-state index contributed by atoms with van der Waals surface area (Å²) in [6.45, 7) is 0. The number of nitrogens with zero attached hydrogens (tertiary/aromatic N) is 3. The summed E-state index contributed by atoms with van der Waals surface area (Å²) < 4.78 is 0.963. The number of hydrogen-bond acceptors (Lipinski definition) is 5. The Morgan fingerprint density at radius 2 is 1.76 bits per heavy atom. The highest BCUT2D eigenvalue weighted by molar-refractivity contribution is 9.10. The number of phenolic OH excluding ortho intramolecular Hbond substituents is 1. The van der Waals surface area contributed by atoms with Gasteiger partial charge in [0.25, 0.3) is 0 Å². The molecular weight excluding hydrogens is 338 g/mol. The van der Waals surface area contributed by atoms with E-state index in [2.05, 4.69) is 26.1 Å². The zero-order valence-electron chi connectivity index (χ0n) is 10.7. The highest BCUT2D eigenvalue weighted by Crippen LogP contribution is 2.27. The highest BCUT2D eigenvalue weighted by Gasteiger charge is 2.14.